The maximum Gasteiger partial charge on any atom is 0.340 e. The molecule has 1 aromatic rings. The Morgan fingerprint density at radius 3 is 2.62 bits per heavy atom. The van der Waals surface area contributed by atoms with Crippen molar-refractivity contribution in [3.05, 3.63) is 29.3 Å². The maximum absolute atomic E-state index is 13.1. The number of nitrogens with zero attached hydrogens (tertiary/aromatic N) is 1. The first-order valence-corrected chi connectivity index (χ1v) is 7.62. The van der Waals surface area contributed by atoms with Gasteiger partial charge in [0.15, 0.2) is 0 Å². The predicted molar refractivity (Wildman–Crippen MR) is 73.3 cm³/mol. The normalized spacial score (nSPS) is 18.9. The molecular weight excluding hydrogens is 301 g/mol. The van der Waals surface area contributed by atoms with Gasteiger partial charge in [0, 0.05) is 13.0 Å². The van der Waals surface area contributed by atoms with Crippen LogP contribution in [0.1, 0.15) is 22.3 Å². The molecule has 1 amide bonds. The second kappa shape index (κ2) is 5.44. The molecule has 0 aromatic heterocycles. The molecule has 0 spiro atoms. The lowest BCUT2D eigenvalue weighted by atomic mass is 10.1. The molecule has 0 saturated carbocycles. The number of aryl methyl sites for hydroxylation is 1. The quantitative estimate of drug-likeness (QED) is 0.618. The highest BCUT2D eigenvalue weighted by Crippen LogP contribution is 2.30. The highest BCUT2D eigenvalue weighted by Gasteiger charge is 2.40. The van der Waals surface area contributed by atoms with E-state index in [2.05, 4.69) is 4.74 Å². The van der Waals surface area contributed by atoms with Crippen LogP contribution in [0.4, 0.5) is 9.57 Å². The van der Waals surface area contributed by atoms with E-state index in [0.29, 0.717) is 5.56 Å². The number of benzene rings is 1. The summed E-state index contributed by atoms with van der Waals surface area (Å²) in [5.41, 5.74) is 0.988. The molecule has 0 bridgehead atoms. The molecule has 1 unspecified atom stereocenters. The number of carbonyl (C=O) groups is 2. The van der Waals surface area contributed by atoms with E-state index in [1.54, 1.807) is 19.1 Å². The average Bonchev–Trinajstić information content (AvgIpc) is 2.79. The summed E-state index contributed by atoms with van der Waals surface area (Å²) in [6.07, 6.45) is -0.437. The molecular formula is C13H14FNO5S. The number of rotatable bonds is 3. The summed E-state index contributed by atoms with van der Waals surface area (Å²) in [4.78, 5) is 24.9. The molecule has 21 heavy (non-hydrogen) atoms. The van der Waals surface area contributed by atoms with Gasteiger partial charge in [0.05, 0.1) is 18.4 Å². The van der Waals surface area contributed by atoms with Gasteiger partial charge in [0.1, 0.15) is 5.25 Å². The van der Waals surface area contributed by atoms with Crippen molar-refractivity contribution in [3.63, 3.8) is 0 Å². The minimum absolute atomic E-state index is 0.172. The van der Waals surface area contributed by atoms with Crippen LogP contribution in [0.2, 0.25) is 0 Å². The Labute approximate surface area is 121 Å². The summed E-state index contributed by atoms with van der Waals surface area (Å²) in [5.74, 6) is -1.18. The Hall–Kier alpha value is -1.96. The van der Waals surface area contributed by atoms with Gasteiger partial charge in [-0.3, -0.25) is 4.79 Å². The molecule has 1 atom stereocenters. The van der Waals surface area contributed by atoms with E-state index in [-0.39, 0.29) is 17.8 Å². The number of carbonyl (C=O) groups excluding carboxylic acids is 2. The summed E-state index contributed by atoms with van der Waals surface area (Å²) < 4.78 is 39.7. The second-order valence-corrected chi connectivity index (χ2v) is 6.38. The van der Waals surface area contributed by atoms with E-state index in [1.807, 2.05) is 0 Å². The molecule has 0 aliphatic carbocycles. The largest absolute Gasteiger partial charge is 0.465 e. The fourth-order valence-electron chi connectivity index (χ4n) is 2.34. The van der Waals surface area contributed by atoms with Crippen molar-refractivity contribution in [2.75, 3.05) is 18.6 Å². The van der Waals surface area contributed by atoms with Crippen molar-refractivity contribution in [2.24, 2.45) is 0 Å². The lowest BCUT2D eigenvalue weighted by Gasteiger charge is -2.20. The number of hydrogen-bond donors (Lipinski definition) is 0. The highest BCUT2D eigenvalue weighted by molar-refractivity contribution is 7.87. The van der Waals surface area contributed by atoms with Gasteiger partial charge in [0.2, 0.25) is 5.91 Å². The number of methoxy groups -OCH3 is 1. The van der Waals surface area contributed by atoms with Crippen molar-refractivity contribution in [3.8, 4) is 0 Å². The Kier molecular flexibility index (Phi) is 3.99. The van der Waals surface area contributed by atoms with Gasteiger partial charge in [-0.15, -0.1) is 3.89 Å². The molecule has 2 rings (SSSR count). The van der Waals surface area contributed by atoms with Gasteiger partial charge < -0.3 is 9.64 Å². The molecule has 8 heteroatoms. The average molecular weight is 315 g/mol. The molecule has 1 saturated heterocycles. The number of halogens is 1. The van der Waals surface area contributed by atoms with Crippen LogP contribution in [-0.4, -0.2) is 39.2 Å². The third-order valence-electron chi connectivity index (χ3n) is 3.42. The van der Waals surface area contributed by atoms with Crippen molar-refractivity contribution in [1.29, 1.82) is 0 Å². The van der Waals surface area contributed by atoms with Crippen molar-refractivity contribution >= 4 is 27.8 Å². The van der Waals surface area contributed by atoms with Crippen molar-refractivity contribution in [1.82, 2.24) is 0 Å². The van der Waals surface area contributed by atoms with Crippen molar-refractivity contribution in [2.45, 2.75) is 18.6 Å². The molecule has 0 N–H and O–H groups in total. The number of esters is 1. The van der Waals surface area contributed by atoms with E-state index in [4.69, 9.17) is 0 Å². The molecule has 1 heterocycles. The van der Waals surface area contributed by atoms with E-state index >= 15 is 0 Å². The fraction of sp³-hybridized carbons (Fsp3) is 0.385. The van der Waals surface area contributed by atoms with Crippen molar-refractivity contribution < 1.29 is 26.6 Å². The summed E-state index contributed by atoms with van der Waals surface area (Å²) in [7, 11) is -3.60. The first-order valence-electron chi connectivity index (χ1n) is 6.17. The standard InChI is InChI=1S/C13H14FNO5S/c1-8-4-3-5-10(12(8)13(17)20-2)15-7-9(6-11(15)16)21(14,18)19/h3-5,9H,6-7H2,1-2H3. The fourth-order valence-corrected chi connectivity index (χ4v) is 3.01. The van der Waals surface area contributed by atoms with E-state index in [9.17, 15) is 21.9 Å². The van der Waals surface area contributed by atoms with Gasteiger partial charge >= 0.3 is 16.2 Å². The summed E-state index contributed by atoms with van der Waals surface area (Å²) in [5, 5.41) is -1.41. The molecule has 1 fully saturated rings. The lowest BCUT2D eigenvalue weighted by molar-refractivity contribution is -0.117. The van der Waals surface area contributed by atoms with Gasteiger partial charge in [-0.2, -0.15) is 8.42 Å². The zero-order valence-corrected chi connectivity index (χ0v) is 12.3. The Balaban J connectivity index is 2.46. The van der Waals surface area contributed by atoms with E-state index < -0.39 is 33.8 Å². The maximum atomic E-state index is 13.1. The zero-order valence-electron chi connectivity index (χ0n) is 11.5. The highest BCUT2D eigenvalue weighted by atomic mass is 32.3. The van der Waals surface area contributed by atoms with Crippen LogP contribution in [-0.2, 0) is 19.8 Å². The minimum atomic E-state index is -4.80. The molecule has 1 aliphatic heterocycles. The van der Waals surface area contributed by atoms with Gasteiger partial charge in [-0.1, -0.05) is 12.1 Å². The Morgan fingerprint density at radius 1 is 1.43 bits per heavy atom. The van der Waals surface area contributed by atoms with Gasteiger partial charge in [-0.05, 0) is 18.6 Å². The predicted octanol–water partition coefficient (Wildman–Crippen LogP) is 1.19. The van der Waals surface area contributed by atoms with Gasteiger partial charge in [-0.25, -0.2) is 4.79 Å². The minimum Gasteiger partial charge on any atom is -0.465 e. The third kappa shape index (κ3) is 2.90. The molecule has 1 aliphatic rings. The van der Waals surface area contributed by atoms with Crippen LogP contribution in [0.5, 0.6) is 0 Å². The summed E-state index contributed by atoms with van der Waals surface area (Å²) >= 11 is 0. The van der Waals surface area contributed by atoms with Crippen LogP contribution < -0.4 is 4.90 Å². The number of amides is 1. The molecule has 114 valence electrons. The van der Waals surface area contributed by atoms with E-state index in [0.717, 1.165) is 4.90 Å². The smallest absolute Gasteiger partial charge is 0.340 e. The number of anilines is 1. The monoisotopic (exact) mass is 315 g/mol. The second-order valence-electron chi connectivity index (χ2n) is 4.77. The first kappa shape index (κ1) is 15.4. The SMILES string of the molecule is COC(=O)c1c(C)cccc1N1CC(S(=O)(=O)F)CC1=O. The third-order valence-corrected chi connectivity index (χ3v) is 4.53. The van der Waals surface area contributed by atoms with Crippen LogP contribution in [0, 0.1) is 6.92 Å². The summed E-state index contributed by atoms with van der Waals surface area (Å²) in [6, 6.07) is 4.80. The molecule has 0 radical (unpaired) electrons. The Morgan fingerprint density at radius 2 is 2.10 bits per heavy atom. The summed E-state index contributed by atoms with van der Waals surface area (Å²) in [6.45, 7) is 1.35. The van der Waals surface area contributed by atoms with Crippen LogP contribution in [0.25, 0.3) is 0 Å². The number of ether oxygens (including phenoxy) is 1. The van der Waals surface area contributed by atoms with Crippen LogP contribution >= 0.6 is 0 Å². The topological polar surface area (TPSA) is 80.8 Å². The van der Waals surface area contributed by atoms with Gasteiger partial charge in [0.25, 0.3) is 0 Å². The Bertz CT molecular complexity index is 701. The molecule has 6 nitrogen and oxygen atoms in total. The van der Waals surface area contributed by atoms with Crippen LogP contribution in [0.3, 0.4) is 0 Å². The first-order chi connectivity index (χ1) is 9.75. The zero-order chi connectivity index (χ0) is 15.8. The van der Waals surface area contributed by atoms with Crippen LogP contribution in [0.15, 0.2) is 18.2 Å². The molecule has 1 aromatic carbocycles. The lowest BCUT2D eigenvalue weighted by Crippen LogP contribution is -2.29. The number of hydrogen-bond acceptors (Lipinski definition) is 5. The van der Waals surface area contributed by atoms with E-state index in [1.165, 1.54) is 13.2 Å².